The van der Waals surface area contributed by atoms with Crippen molar-refractivity contribution in [3.05, 3.63) is 53.4 Å². The fourth-order valence-electron chi connectivity index (χ4n) is 1.95. The van der Waals surface area contributed by atoms with Gasteiger partial charge in [-0.15, -0.1) is 0 Å². The molecule has 5 nitrogen and oxygen atoms in total. The van der Waals surface area contributed by atoms with Crippen LogP contribution in [0.2, 0.25) is 0 Å². The largest absolute Gasteiger partial charge is 0.338 e. The van der Waals surface area contributed by atoms with Crippen LogP contribution in [0.3, 0.4) is 0 Å². The molecule has 1 aromatic heterocycles. The molecule has 0 aliphatic carbocycles. The molecule has 3 rings (SSSR count). The van der Waals surface area contributed by atoms with Crippen LogP contribution in [0.1, 0.15) is 0 Å². The van der Waals surface area contributed by atoms with Gasteiger partial charge in [-0.3, -0.25) is 0 Å². The summed E-state index contributed by atoms with van der Waals surface area (Å²) in [7, 11) is 1.33. The highest BCUT2D eigenvalue weighted by Crippen LogP contribution is 2.23. The second-order valence-electron chi connectivity index (χ2n) is 4.09. The maximum Gasteiger partial charge on any atom is 0.318 e. The zero-order chi connectivity index (χ0) is 13.2. The highest BCUT2D eigenvalue weighted by Gasteiger charge is 2.16. The molecular formula is C14H12N3O2+. The molecule has 0 bridgehead atoms. The van der Waals surface area contributed by atoms with Gasteiger partial charge in [0.25, 0.3) is 4.92 Å². The molecule has 0 amide bonds. The summed E-state index contributed by atoms with van der Waals surface area (Å²) in [5.41, 5.74) is 3.05. The van der Waals surface area contributed by atoms with Crippen LogP contribution in [0.5, 0.6) is 0 Å². The molecule has 1 heterocycles. The third kappa shape index (κ3) is 2.06. The van der Waals surface area contributed by atoms with Crippen molar-refractivity contribution < 1.29 is 9.76 Å². The Hall–Kier alpha value is -2.69. The molecule has 0 spiro atoms. The number of aromatic nitrogens is 2. The lowest BCUT2D eigenvalue weighted by Crippen LogP contribution is -1.97. The zero-order valence-corrected chi connectivity index (χ0v) is 10.3. The van der Waals surface area contributed by atoms with Crippen molar-refractivity contribution in [3.8, 4) is 11.4 Å². The Morgan fingerprint density at radius 2 is 1.95 bits per heavy atom. The van der Waals surface area contributed by atoms with Crippen molar-refractivity contribution in [1.82, 2.24) is 9.97 Å². The standard InChI is InChI=1S/C14H12N3O2/c1-19-17(18)11-7-8-12-13(9-11)16-14(15-12)10-5-3-2-4-6-10/h2-9H,1H3,(H,15,16)/q+1. The van der Waals surface area contributed by atoms with Gasteiger partial charge in [0.05, 0.1) is 15.9 Å². The number of nitrogens with zero attached hydrogens (tertiary/aromatic N) is 2. The van der Waals surface area contributed by atoms with Gasteiger partial charge in [-0.1, -0.05) is 30.3 Å². The molecule has 3 aromatic rings. The second-order valence-corrected chi connectivity index (χ2v) is 4.09. The molecule has 94 valence electrons. The third-order valence-corrected chi connectivity index (χ3v) is 2.89. The van der Waals surface area contributed by atoms with E-state index in [0.29, 0.717) is 10.6 Å². The predicted octanol–water partition coefficient (Wildman–Crippen LogP) is 3.20. The normalized spacial score (nSPS) is 10.6. The maximum atomic E-state index is 11.4. The lowest BCUT2D eigenvalue weighted by atomic mass is 10.2. The van der Waals surface area contributed by atoms with Crippen molar-refractivity contribution in [1.29, 1.82) is 0 Å². The molecule has 5 heteroatoms. The summed E-state index contributed by atoms with van der Waals surface area (Å²) in [5, 5.41) is 0. The number of imidazole rings is 1. The smallest absolute Gasteiger partial charge is 0.318 e. The molecule has 1 N–H and O–H groups in total. The van der Waals surface area contributed by atoms with Crippen LogP contribution in [0, 0.1) is 4.91 Å². The average Bonchev–Trinajstić information content (AvgIpc) is 2.90. The first-order valence-corrected chi connectivity index (χ1v) is 5.84. The Balaban J connectivity index is 2.09. The summed E-state index contributed by atoms with van der Waals surface area (Å²) in [6.07, 6.45) is 0. The quantitative estimate of drug-likeness (QED) is 0.730. The van der Waals surface area contributed by atoms with Gasteiger partial charge in [0.2, 0.25) is 0 Å². The minimum atomic E-state index is 0.429. The molecule has 19 heavy (non-hydrogen) atoms. The van der Waals surface area contributed by atoms with E-state index in [1.165, 1.54) is 7.11 Å². The van der Waals surface area contributed by atoms with Crippen LogP contribution in [0.15, 0.2) is 48.5 Å². The van der Waals surface area contributed by atoms with Gasteiger partial charge in [-0.05, 0) is 6.07 Å². The van der Waals surface area contributed by atoms with Crippen LogP contribution in [0.25, 0.3) is 22.4 Å². The summed E-state index contributed by atoms with van der Waals surface area (Å²) in [4.78, 5) is 24.2. The number of nitrogens with one attached hydrogen (secondary N) is 1. The first kappa shape index (κ1) is 11.4. The molecule has 0 unspecified atom stereocenters. The third-order valence-electron chi connectivity index (χ3n) is 2.89. The van der Waals surface area contributed by atoms with E-state index in [0.717, 1.165) is 22.4 Å². The second kappa shape index (κ2) is 4.53. The topological polar surface area (TPSA) is 58.0 Å². The number of aromatic amines is 1. The Morgan fingerprint density at radius 1 is 1.16 bits per heavy atom. The Kier molecular flexibility index (Phi) is 2.72. The van der Waals surface area contributed by atoms with Gasteiger partial charge in [-0.2, -0.15) is 0 Å². The van der Waals surface area contributed by atoms with Crippen LogP contribution in [0.4, 0.5) is 5.69 Å². The van der Waals surface area contributed by atoms with E-state index in [2.05, 4.69) is 14.8 Å². The zero-order valence-electron chi connectivity index (χ0n) is 10.3. The molecule has 0 aliphatic rings. The van der Waals surface area contributed by atoms with Gasteiger partial charge in [0.1, 0.15) is 5.82 Å². The van der Waals surface area contributed by atoms with E-state index < -0.39 is 0 Å². The molecule has 2 aromatic carbocycles. The van der Waals surface area contributed by atoms with Gasteiger partial charge in [0, 0.05) is 17.7 Å². The van der Waals surface area contributed by atoms with E-state index in [4.69, 9.17) is 0 Å². The van der Waals surface area contributed by atoms with E-state index in [1.54, 1.807) is 18.2 Å². The van der Waals surface area contributed by atoms with Crippen molar-refractivity contribution in [2.24, 2.45) is 0 Å². The van der Waals surface area contributed by atoms with Gasteiger partial charge in [0.15, 0.2) is 7.11 Å². The Bertz CT molecular complexity index is 735. The molecule has 0 aliphatic heterocycles. The van der Waals surface area contributed by atoms with Crippen LogP contribution < -0.4 is 0 Å². The highest BCUT2D eigenvalue weighted by atomic mass is 16.8. The van der Waals surface area contributed by atoms with E-state index >= 15 is 0 Å². The number of hydrogen-bond donors (Lipinski definition) is 1. The fourth-order valence-corrected chi connectivity index (χ4v) is 1.95. The van der Waals surface area contributed by atoms with Crippen LogP contribution >= 0.6 is 0 Å². The van der Waals surface area contributed by atoms with E-state index in [1.807, 2.05) is 30.3 Å². The van der Waals surface area contributed by atoms with Crippen molar-refractivity contribution in [3.63, 3.8) is 0 Å². The maximum absolute atomic E-state index is 11.4. The number of fused-ring (bicyclic) bond motifs is 1. The highest BCUT2D eigenvalue weighted by molar-refractivity contribution is 5.81. The Morgan fingerprint density at radius 3 is 2.68 bits per heavy atom. The van der Waals surface area contributed by atoms with Gasteiger partial charge >= 0.3 is 5.69 Å². The van der Waals surface area contributed by atoms with E-state index in [9.17, 15) is 4.91 Å². The van der Waals surface area contributed by atoms with E-state index in [-0.39, 0.29) is 0 Å². The number of H-pyrrole nitrogens is 1. The average molecular weight is 254 g/mol. The lowest BCUT2D eigenvalue weighted by molar-refractivity contribution is -0.736. The number of hydrogen-bond acceptors (Lipinski definition) is 3. The lowest BCUT2D eigenvalue weighted by Gasteiger charge is -1.93. The minimum Gasteiger partial charge on any atom is -0.338 e. The van der Waals surface area contributed by atoms with Gasteiger partial charge in [-0.25, -0.2) is 9.82 Å². The minimum absolute atomic E-state index is 0.429. The molecular weight excluding hydrogens is 242 g/mol. The summed E-state index contributed by atoms with van der Waals surface area (Å²) in [5.74, 6) is 0.780. The molecule has 0 saturated heterocycles. The first-order valence-electron chi connectivity index (χ1n) is 5.84. The molecule has 0 fully saturated rings. The molecule has 0 radical (unpaired) electrons. The number of benzene rings is 2. The van der Waals surface area contributed by atoms with Crippen LogP contribution in [-0.4, -0.2) is 22.0 Å². The Labute approximate surface area is 109 Å². The van der Waals surface area contributed by atoms with Crippen molar-refractivity contribution in [2.75, 3.05) is 7.11 Å². The predicted molar refractivity (Wildman–Crippen MR) is 71.8 cm³/mol. The fraction of sp³-hybridized carbons (Fsp3) is 0.0714. The molecule has 0 saturated carbocycles. The van der Waals surface area contributed by atoms with Gasteiger partial charge < -0.3 is 4.98 Å². The van der Waals surface area contributed by atoms with Crippen LogP contribution in [-0.2, 0) is 4.84 Å². The summed E-state index contributed by atoms with van der Waals surface area (Å²) in [6.45, 7) is 0. The number of rotatable bonds is 3. The summed E-state index contributed by atoms with van der Waals surface area (Å²) < 4.78 is 0. The summed E-state index contributed by atoms with van der Waals surface area (Å²) in [6, 6.07) is 15.0. The monoisotopic (exact) mass is 254 g/mol. The van der Waals surface area contributed by atoms with Crippen molar-refractivity contribution >= 4 is 16.7 Å². The summed E-state index contributed by atoms with van der Waals surface area (Å²) >= 11 is 0. The van der Waals surface area contributed by atoms with Crippen molar-refractivity contribution in [2.45, 2.75) is 0 Å². The molecule has 0 atom stereocenters. The first-order chi connectivity index (χ1) is 9.28. The SMILES string of the molecule is CO[N+](=O)c1ccc2nc(-c3ccccc3)[nH]c2c1.